The van der Waals surface area contributed by atoms with Crippen molar-refractivity contribution in [1.29, 1.82) is 0 Å². The van der Waals surface area contributed by atoms with Gasteiger partial charge in [-0.05, 0) is 42.2 Å². The summed E-state index contributed by atoms with van der Waals surface area (Å²) >= 11 is 0. The molecule has 1 unspecified atom stereocenters. The Morgan fingerprint density at radius 2 is 1.70 bits per heavy atom. The van der Waals surface area contributed by atoms with E-state index < -0.39 is 11.9 Å². The molecule has 30 heavy (non-hydrogen) atoms. The summed E-state index contributed by atoms with van der Waals surface area (Å²) in [7, 11) is 0. The van der Waals surface area contributed by atoms with Crippen molar-refractivity contribution in [2.75, 3.05) is 11.9 Å². The van der Waals surface area contributed by atoms with Crippen LogP contribution in [0.1, 0.15) is 35.6 Å². The number of carbonyl (C=O) groups excluding carboxylic acids is 2. The SMILES string of the molecule is O=C1CN(C(=O)CCCc2ccccc2)C(c2ccccc2)c2cc(F)ccc2N1. The second-order valence-corrected chi connectivity index (χ2v) is 7.45. The van der Waals surface area contributed by atoms with Crippen LogP contribution in [-0.4, -0.2) is 23.3 Å². The number of nitrogens with one attached hydrogen (secondary N) is 1. The Morgan fingerprint density at radius 1 is 1.00 bits per heavy atom. The van der Waals surface area contributed by atoms with Gasteiger partial charge in [0.25, 0.3) is 0 Å². The Kier molecular flexibility index (Phi) is 5.89. The number of anilines is 1. The summed E-state index contributed by atoms with van der Waals surface area (Å²) in [4.78, 5) is 27.3. The Morgan fingerprint density at radius 3 is 2.43 bits per heavy atom. The maximum absolute atomic E-state index is 14.1. The van der Waals surface area contributed by atoms with Gasteiger partial charge in [0.05, 0.1) is 6.04 Å². The third-order valence-corrected chi connectivity index (χ3v) is 5.34. The predicted molar refractivity (Wildman–Crippen MR) is 114 cm³/mol. The van der Waals surface area contributed by atoms with Gasteiger partial charge in [-0.2, -0.15) is 0 Å². The van der Waals surface area contributed by atoms with Crippen LogP contribution in [0.25, 0.3) is 0 Å². The summed E-state index contributed by atoms with van der Waals surface area (Å²) in [6, 6.07) is 23.2. The van der Waals surface area contributed by atoms with E-state index >= 15 is 0 Å². The monoisotopic (exact) mass is 402 g/mol. The van der Waals surface area contributed by atoms with Gasteiger partial charge < -0.3 is 10.2 Å². The summed E-state index contributed by atoms with van der Waals surface area (Å²) in [5.41, 5.74) is 3.14. The van der Waals surface area contributed by atoms with Crippen molar-refractivity contribution in [3.05, 3.63) is 101 Å². The van der Waals surface area contributed by atoms with E-state index in [4.69, 9.17) is 0 Å². The lowest BCUT2D eigenvalue weighted by atomic mass is 9.95. The molecule has 0 aliphatic carbocycles. The number of nitrogens with zero attached hydrogens (tertiary/aromatic N) is 1. The zero-order valence-corrected chi connectivity index (χ0v) is 16.6. The molecule has 0 saturated heterocycles. The molecule has 0 spiro atoms. The average Bonchev–Trinajstić information content (AvgIpc) is 2.90. The Labute approximate surface area is 175 Å². The molecule has 3 aromatic rings. The zero-order chi connectivity index (χ0) is 20.9. The molecule has 1 aliphatic heterocycles. The Balaban J connectivity index is 1.63. The van der Waals surface area contributed by atoms with Gasteiger partial charge in [-0.15, -0.1) is 0 Å². The fourth-order valence-corrected chi connectivity index (χ4v) is 3.94. The summed E-state index contributed by atoms with van der Waals surface area (Å²) in [6.45, 7) is -0.0694. The minimum absolute atomic E-state index is 0.0694. The highest BCUT2D eigenvalue weighted by molar-refractivity contribution is 5.97. The van der Waals surface area contributed by atoms with Crippen LogP contribution >= 0.6 is 0 Å². The first-order valence-electron chi connectivity index (χ1n) is 10.1. The van der Waals surface area contributed by atoms with E-state index in [1.807, 2.05) is 60.7 Å². The molecule has 2 amide bonds. The third kappa shape index (κ3) is 4.40. The molecule has 0 radical (unpaired) electrons. The number of hydrogen-bond acceptors (Lipinski definition) is 2. The molecule has 1 aliphatic rings. The molecule has 0 bridgehead atoms. The smallest absolute Gasteiger partial charge is 0.244 e. The van der Waals surface area contributed by atoms with E-state index in [-0.39, 0.29) is 18.4 Å². The van der Waals surface area contributed by atoms with Crippen LogP contribution in [0.2, 0.25) is 0 Å². The summed E-state index contributed by atoms with van der Waals surface area (Å²) in [5.74, 6) is -0.799. The lowest BCUT2D eigenvalue weighted by Crippen LogP contribution is -2.38. The van der Waals surface area contributed by atoms with Gasteiger partial charge in [0.1, 0.15) is 12.4 Å². The van der Waals surface area contributed by atoms with Gasteiger partial charge in [0, 0.05) is 17.7 Å². The first-order valence-corrected chi connectivity index (χ1v) is 10.1. The van der Waals surface area contributed by atoms with Crippen molar-refractivity contribution < 1.29 is 14.0 Å². The average molecular weight is 402 g/mol. The molecule has 152 valence electrons. The molecule has 0 aromatic heterocycles. The summed E-state index contributed by atoms with van der Waals surface area (Å²) in [5, 5.41) is 2.82. The van der Waals surface area contributed by atoms with Gasteiger partial charge in [-0.1, -0.05) is 60.7 Å². The number of amides is 2. The number of benzene rings is 3. The number of rotatable bonds is 5. The van der Waals surface area contributed by atoms with E-state index in [1.54, 1.807) is 11.0 Å². The quantitative estimate of drug-likeness (QED) is 0.671. The number of carbonyl (C=O) groups is 2. The second kappa shape index (κ2) is 8.91. The number of fused-ring (bicyclic) bond motifs is 1. The standard InChI is InChI=1S/C25H23FN2O2/c26-20-14-15-22-21(16-20)25(19-11-5-2-6-12-19)28(17-23(29)27-22)24(30)13-7-10-18-8-3-1-4-9-18/h1-6,8-9,11-12,14-16,25H,7,10,13,17H2,(H,27,29). The fourth-order valence-electron chi connectivity index (χ4n) is 3.94. The van der Waals surface area contributed by atoms with Crippen molar-refractivity contribution >= 4 is 17.5 Å². The number of aryl methyl sites for hydroxylation is 1. The molecule has 4 nitrogen and oxygen atoms in total. The Bertz CT molecular complexity index is 1040. The highest BCUT2D eigenvalue weighted by atomic mass is 19.1. The lowest BCUT2D eigenvalue weighted by Gasteiger charge is -2.30. The van der Waals surface area contributed by atoms with Crippen LogP contribution in [0, 0.1) is 5.82 Å². The number of halogens is 1. The van der Waals surface area contributed by atoms with Crippen LogP contribution in [0.4, 0.5) is 10.1 Å². The maximum Gasteiger partial charge on any atom is 0.244 e. The molecule has 1 atom stereocenters. The molecule has 4 rings (SSSR count). The van der Waals surface area contributed by atoms with Crippen LogP contribution in [-0.2, 0) is 16.0 Å². The zero-order valence-electron chi connectivity index (χ0n) is 16.6. The van der Waals surface area contributed by atoms with Crippen molar-refractivity contribution in [2.45, 2.75) is 25.3 Å². The van der Waals surface area contributed by atoms with Gasteiger partial charge >= 0.3 is 0 Å². The first kappa shape index (κ1) is 19.8. The Hall–Kier alpha value is -3.47. The topological polar surface area (TPSA) is 49.4 Å². The molecule has 3 aromatic carbocycles. The van der Waals surface area contributed by atoms with Gasteiger partial charge in [-0.3, -0.25) is 9.59 Å². The molecule has 0 fully saturated rings. The molecule has 1 heterocycles. The van der Waals surface area contributed by atoms with E-state index in [2.05, 4.69) is 5.32 Å². The molecule has 5 heteroatoms. The first-order chi connectivity index (χ1) is 14.6. The van der Waals surface area contributed by atoms with E-state index in [1.165, 1.54) is 17.7 Å². The highest BCUT2D eigenvalue weighted by Gasteiger charge is 2.33. The van der Waals surface area contributed by atoms with Crippen LogP contribution in [0.5, 0.6) is 0 Å². The maximum atomic E-state index is 14.1. The third-order valence-electron chi connectivity index (χ3n) is 5.34. The second-order valence-electron chi connectivity index (χ2n) is 7.45. The van der Waals surface area contributed by atoms with Crippen molar-refractivity contribution in [3.63, 3.8) is 0 Å². The van der Waals surface area contributed by atoms with Gasteiger partial charge in [-0.25, -0.2) is 4.39 Å². The van der Waals surface area contributed by atoms with E-state index in [0.717, 1.165) is 12.0 Å². The fraction of sp³-hybridized carbons (Fsp3) is 0.200. The molecule has 0 saturated carbocycles. The van der Waals surface area contributed by atoms with Crippen LogP contribution in [0.15, 0.2) is 78.9 Å². The predicted octanol–water partition coefficient (Wildman–Crippen LogP) is 4.72. The van der Waals surface area contributed by atoms with E-state index in [0.29, 0.717) is 24.1 Å². The minimum atomic E-state index is -0.528. The summed E-state index contributed by atoms with van der Waals surface area (Å²) in [6.07, 6.45) is 1.78. The number of hydrogen-bond donors (Lipinski definition) is 1. The minimum Gasteiger partial charge on any atom is -0.324 e. The summed E-state index contributed by atoms with van der Waals surface area (Å²) < 4.78 is 14.1. The van der Waals surface area contributed by atoms with E-state index in [9.17, 15) is 14.0 Å². The largest absolute Gasteiger partial charge is 0.324 e. The lowest BCUT2D eigenvalue weighted by molar-refractivity contribution is -0.136. The van der Waals surface area contributed by atoms with Crippen molar-refractivity contribution in [3.8, 4) is 0 Å². The molecular formula is C25H23FN2O2. The van der Waals surface area contributed by atoms with Gasteiger partial charge in [0.15, 0.2) is 0 Å². The molecule has 1 N–H and O–H groups in total. The van der Waals surface area contributed by atoms with Crippen molar-refractivity contribution in [1.82, 2.24) is 4.90 Å². The van der Waals surface area contributed by atoms with Crippen LogP contribution < -0.4 is 5.32 Å². The molecular weight excluding hydrogens is 379 g/mol. The van der Waals surface area contributed by atoms with Crippen LogP contribution in [0.3, 0.4) is 0 Å². The highest BCUT2D eigenvalue weighted by Crippen LogP contribution is 2.36. The normalized spacial score (nSPS) is 15.8. The van der Waals surface area contributed by atoms with Gasteiger partial charge in [0.2, 0.25) is 11.8 Å². The van der Waals surface area contributed by atoms with Crippen molar-refractivity contribution in [2.24, 2.45) is 0 Å².